The molecule has 4 N–H and O–H groups in total. The molecule has 174 valence electrons. The second-order valence-electron chi connectivity index (χ2n) is 8.74. The summed E-state index contributed by atoms with van der Waals surface area (Å²) >= 11 is 1.41. The van der Waals surface area contributed by atoms with Crippen molar-refractivity contribution in [1.29, 1.82) is 0 Å². The number of methoxy groups -OCH3 is 1. The van der Waals surface area contributed by atoms with Gasteiger partial charge in [0, 0.05) is 41.1 Å². The number of nitrogens with two attached hydrogens (primary N) is 2. The summed E-state index contributed by atoms with van der Waals surface area (Å²) in [5.41, 5.74) is 18.5. The lowest BCUT2D eigenvalue weighted by molar-refractivity contribution is -0.122. The largest absolute Gasteiger partial charge is 0.496 e. The van der Waals surface area contributed by atoms with E-state index in [0.29, 0.717) is 30.3 Å². The molecule has 1 aromatic heterocycles. The van der Waals surface area contributed by atoms with Gasteiger partial charge in [-0.2, -0.15) is 19.7 Å². The Hall–Kier alpha value is -2.92. The van der Waals surface area contributed by atoms with Crippen LogP contribution in [0.15, 0.2) is 31.9 Å². The number of amidine groups is 1. The van der Waals surface area contributed by atoms with Crippen LogP contribution in [0, 0.1) is 13.8 Å². The third kappa shape index (κ3) is 3.68. The van der Waals surface area contributed by atoms with Crippen LogP contribution >= 0.6 is 11.9 Å². The number of hydrazone groups is 2. The van der Waals surface area contributed by atoms with E-state index in [-0.39, 0.29) is 18.0 Å². The Kier molecular flexibility index (Phi) is 5.61. The maximum absolute atomic E-state index is 12.1. The van der Waals surface area contributed by atoms with Crippen molar-refractivity contribution < 1.29 is 9.53 Å². The number of carbonyl (C=O) groups is 1. The molecule has 33 heavy (non-hydrogen) atoms. The number of hydrogen-bond donors (Lipinski definition) is 2. The van der Waals surface area contributed by atoms with E-state index in [9.17, 15) is 4.79 Å². The van der Waals surface area contributed by atoms with E-state index < -0.39 is 0 Å². The first kappa shape index (κ1) is 21.9. The minimum Gasteiger partial charge on any atom is -0.496 e. The summed E-state index contributed by atoms with van der Waals surface area (Å²) in [6.45, 7) is 5.19. The summed E-state index contributed by atoms with van der Waals surface area (Å²) in [4.78, 5) is 18.9. The van der Waals surface area contributed by atoms with Crippen LogP contribution in [0.3, 0.4) is 0 Å². The zero-order valence-corrected chi connectivity index (χ0v) is 19.9. The predicted molar refractivity (Wildman–Crippen MR) is 129 cm³/mol. The summed E-state index contributed by atoms with van der Waals surface area (Å²) in [5, 5.41) is 11.3. The van der Waals surface area contributed by atoms with E-state index in [4.69, 9.17) is 26.4 Å². The lowest BCUT2D eigenvalue weighted by Crippen LogP contribution is -2.46. The standard InChI is InChI=1S/C22H28N8O2S/c1-11-8-25-15(12(2)20(11)32-3)9-30-26-14-7-17(29-6-4-5-16(29)22(24)31)13-10-33-28-21(23)19(27-30)18(13)14/h8,16-17H,4-7,9-10H2,1-3H3,(H2,23,28)(H2,24,31)/t16-,17?/m0/s1. The Morgan fingerprint density at radius 1 is 1.33 bits per heavy atom. The van der Waals surface area contributed by atoms with Crippen LogP contribution in [0.1, 0.15) is 36.1 Å². The van der Waals surface area contributed by atoms with Crippen molar-refractivity contribution in [2.45, 2.75) is 51.7 Å². The van der Waals surface area contributed by atoms with Crippen LogP contribution in [0.4, 0.5) is 0 Å². The van der Waals surface area contributed by atoms with E-state index in [2.05, 4.69) is 14.3 Å². The second kappa shape index (κ2) is 8.45. The second-order valence-corrected chi connectivity index (χ2v) is 9.47. The van der Waals surface area contributed by atoms with Gasteiger partial charge in [0.2, 0.25) is 5.91 Å². The van der Waals surface area contributed by atoms with Crippen molar-refractivity contribution in [1.82, 2.24) is 15.0 Å². The van der Waals surface area contributed by atoms with Gasteiger partial charge < -0.3 is 16.2 Å². The van der Waals surface area contributed by atoms with Gasteiger partial charge >= 0.3 is 0 Å². The quantitative estimate of drug-likeness (QED) is 0.621. The molecule has 4 aliphatic rings. The molecule has 0 aromatic carbocycles. The normalized spacial score (nSPS) is 24.8. The molecule has 4 heterocycles. The van der Waals surface area contributed by atoms with Crippen molar-refractivity contribution in [2.24, 2.45) is 26.1 Å². The number of carbonyl (C=O) groups excluding carboxylic acids is 1. The smallest absolute Gasteiger partial charge is 0.234 e. The SMILES string of the molecule is COc1c(C)cnc(CN2N=C3CC(N4CCC[C@H]4C(N)=O)C4=C3C(=N2)C(N)=NSC4)c1C. The van der Waals surface area contributed by atoms with Crippen molar-refractivity contribution in [2.75, 3.05) is 19.4 Å². The van der Waals surface area contributed by atoms with Crippen LogP contribution in [-0.4, -0.2) is 69.7 Å². The van der Waals surface area contributed by atoms with Crippen LogP contribution in [0.25, 0.3) is 0 Å². The molecular weight excluding hydrogens is 440 g/mol. The van der Waals surface area contributed by atoms with Crippen LogP contribution in [0.5, 0.6) is 5.75 Å². The number of rotatable bonds is 5. The molecule has 3 aliphatic heterocycles. The molecular formula is C22H28N8O2S. The highest BCUT2D eigenvalue weighted by Gasteiger charge is 2.44. The fraction of sp³-hybridized carbons (Fsp3) is 0.500. The van der Waals surface area contributed by atoms with Gasteiger partial charge in [-0.1, -0.05) is 0 Å². The number of hydrogen-bond acceptors (Lipinski definition) is 10. The van der Waals surface area contributed by atoms with E-state index in [1.165, 1.54) is 17.5 Å². The molecule has 1 aromatic rings. The average molecular weight is 469 g/mol. The van der Waals surface area contributed by atoms with E-state index in [0.717, 1.165) is 53.2 Å². The first-order chi connectivity index (χ1) is 15.9. The van der Waals surface area contributed by atoms with Gasteiger partial charge in [0.15, 0.2) is 5.84 Å². The predicted octanol–water partition coefficient (Wildman–Crippen LogP) is 1.27. The third-order valence-electron chi connectivity index (χ3n) is 6.78. The number of likely N-dealkylation sites (tertiary alicyclic amines) is 1. The molecule has 0 saturated carbocycles. The minimum atomic E-state index is -0.266. The number of primary amides is 1. The summed E-state index contributed by atoms with van der Waals surface area (Å²) < 4.78 is 10.0. The number of aromatic nitrogens is 1. The van der Waals surface area contributed by atoms with Gasteiger partial charge in [0.1, 0.15) is 18.0 Å². The van der Waals surface area contributed by atoms with Crippen LogP contribution < -0.4 is 16.2 Å². The molecule has 2 atom stereocenters. The van der Waals surface area contributed by atoms with Crippen LogP contribution in [0.2, 0.25) is 0 Å². The van der Waals surface area contributed by atoms with Gasteiger partial charge in [-0.15, -0.1) is 0 Å². The Morgan fingerprint density at radius 2 is 2.15 bits per heavy atom. The number of pyridine rings is 1. The number of nitrogens with zero attached hydrogens (tertiary/aromatic N) is 6. The van der Waals surface area contributed by atoms with Crippen molar-refractivity contribution in [3.63, 3.8) is 0 Å². The van der Waals surface area contributed by atoms with Crippen LogP contribution in [-0.2, 0) is 11.3 Å². The highest BCUT2D eigenvalue weighted by atomic mass is 32.2. The molecule has 10 nitrogen and oxygen atoms in total. The van der Waals surface area contributed by atoms with Gasteiger partial charge in [0.05, 0.1) is 24.6 Å². The topological polar surface area (TPSA) is 135 Å². The molecule has 11 heteroatoms. The summed E-state index contributed by atoms with van der Waals surface area (Å²) in [5.74, 6) is 1.63. The molecule has 1 unspecified atom stereocenters. The van der Waals surface area contributed by atoms with Gasteiger partial charge in [0.25, 0.3) is 0 Å². The molecule has 1 fully saturated rings. The Balaban J connectivity index is 1.51. The lowest BCUT2D eigenvalue weighted by atomic mass is 10.0. The van der Waals surface area contributed by atoms with Gasteiger partial charge in [-0.05, 0) is 50.8 Å². The Labute approximate surface area is 197 Å². The summed E-state index contributed by atoms with van der Waals surface area (Å²) in [6, 6.07) is -0.199. The van der Waals surface area contributed by atoms with E-state index in [1.807, 2.05) is 13.8 Å². The Morgan fingerprint density at radius 3 is 2.91 bits per heavy atom. The molecule has 0 bridgehead atoms. The maximum atomic E-state index is 12.1. The minimum absolute atomic E-state index is 0.0526. The molecule has 0 radical (unpaired) electrons. The zero-order chi connectivity index (χ0) is 23.3. The first-order valence-corrected chi connectivity index (χ1v) is 12.0. The molecule has 0 spiro atoms. The third-order valence-corrected chi connectivity index (χ3v) is 7.54. The molecule has 1 saturated heterocycles. The van der Waals surface area contributed by atoms with E-state index in [1.54, 1.807) is 18.4 Å². The highest BCUT2D eigenvalue weighted by molar-refractivity contribution is 7.98. The molecule has 1 amide bonds. The van der Waals surface area contributed by atoms with Crippen molar-refractivity contribution in [3.05, 3.63) is 34.2 Å². The average Bonchev–Trinajstić information content (AvgIpc) is 3.36. The number of amides is 1. The zero-order valence-electron chi connectivity index (χ0n) is 19.0. The number of ether oxygens (including phenoxy) is 1. The molecule has 1 aliphatic carbocycles. The number of aryl methyl sites for hydroxylation is 1. The van der Waals surface area contributed by atoms with Crippen molar-refractivity contribution >= 4 is 35.1 Å². The summed E-state index contributed by atoms with van der Waals surface area (Å²) in [6.07, 6.45) is 4.25. The lowest BCUT2D eigenvalue weighted by Gasteiger charge is -2.30. The fourth-order valence-corrected chi connectivity index (χ4v) is 6.02. The van der Waals surface area contributed by atoms with Gasteiger partial charge in [-0.3, -0.25) is 14.7 Å². The highest BCUT2D eigenvalue weighted by Crippen LogP contribution is 2.39. The van der Waals surface area contributed by atoms with E-state index >= 15 is 0 Å². The Bertz CT molecular complexity index is 1140. The van der Waals surface area contributed by atoms with Crippen molar-refractivity contribution in [3.8, 4) is 5.75 Å². The summed E-state index contributed by atoms with van der Waals surface area (Å²) in [7, 11) is 1.66. The maximum Gasteiger partial charge on any atom is 0.234 e. The first-order valence-electron chi connectivity index (χ1n) is 11.1. The monoisotopic (exact) mass is 468 g/mol. The van der Waals surface area contributed by atoms with Gasteiger partial charge in [-0.25, -0.2) is 0 Å². The fourth-order valence-electron chi connectivity index (χ4n) is 5.25. The molecule has 5 rings (SSSR count).